The lowest BCUT2D eigenvalue weighted by Gasteiger charge is -2.10. The summed E-state index contributed by atoms with van der Waals surface area (Å²) in [6.45, 7) is 6.13. The lowest BCUT2D eigenvalue weighted by molar-refractivity contribution is 0.101. The highest BCUT2D eigenvalue weighted by Crippen LogP contribution is 2.25. The molecule has 0 atom stereocenters. The van der Waals surface area contributed by atoms with Crippen molar-refractivity contribution in [2.75, 3.05) is 5.32 Å². The Bertz CT molecular complexity index is 1230. The van der Waals surface area contributed by atoms with Crippen molar-refractivity contribution in [1.82, 2.24) is 14.8 Å². The predicted molar refractivity (Wildman–Crippen MR) is 125 cm³/mol. The highest BCUT2D eigenvalue weighted by atomic mass is 35.5. The van der Waals surface area contributed by atoms with Crippen LogP contribution in [-0.2, 0) is 6.42 Å². The normalized spacial score (nSPS) is 10.8. The van der Waals surface area contributed by atoms with Gasteiger partial charge in [0, 0.05) is 16.3 Å². The number of hydrogen-bond donors (Lipinski definition) is 1. The maximum absolute atomic E-state index is 12.9. The number of amides is 1. The van der Waals surface area contributed by atoms with E-state index in [1.807, 2.05) is 68.4 Å². The molecule has 0 aliphatic carbocycles. The lowest BCUT2D eigenvalue weighted by Crippen LogP contribution is -2.14. The molecule has 0 unspecified atom stereocenters. The Morgan fingerprint density at radius 3 is 2.39 bits per heavy atom. The van der Waals surface area contributed by atoms with Crippen molar-refractivity contribution >= 4 is 23.2 Å². The molecule has 1 amide bonds. The van der Waals surface area contributed by atoms with E-state index in [0.717, 1.165) is 28.8 Å². The van der Waals surface area contributed by atoms with Crippen LogP contribution in [0.4, 0.5) is 5.69 Å². The number of aryl methyl sites for hydroxylation is 3. The molecule has 0 radical (unpaired) electrons. The number of hydrogen-bond acceptors (Lipinski definition) is 3. The van der Waals surface area contributed by atoms with Crippen molar-refractivity contribution in [2.45, 2.75) is 27.2 Å². The highest BCUT2D eigenvalue weighted by Gasteiger charge is 2.20. The minimum absolute atomic E-state index is 0.102. The van der Waals surface area contributed by atoms with Gasteiger partial charge in [-0.1, -0.05) is 42.8 Å². The Hall–Kier alpha value is -3.44. The molecule has 1 aromatic heterocycles. The van der Waals surface area contributed by atoms with Crippen LogP contribution >= 0.6 is 11.6 Å². The van der Waals surface area contributed by atoms with Gasteiger partial charge in [-0.25, -0.2) is 9.67 Å². The number of nitrogens with zero attached hydrogens (tertiary/aromatic N) is 3. The maximum atomic E-state index is 12.9. The molecule has 0 aliphatic rings. The zero-order chi connectivity index (χ0) is 22.0. The number of benzene rings is 3. The second-order valence-electron chi connectivity index (χ2n) is 7.47. The number of carbonyl (C=O) groups is 1. The Kier molecular flexibility index (Phi) is 5.87. The van der Waals surface area contributed by atoms with Gasteiger partial charge in [0.25, 0.3) is 5.91 Å². The fourth-order valence-electron chi connectivity index (χ4n) is 3.32. The number of aromatic nitrogens is 3. The van der Waals surface area contributed by atoms with Gasteiger partial charge in [-0.05, 0) is 79.4 Å². The minimum atomic E-state index is -0.358. The summed E-state index contributed by atoms with van der Waals surface area (Å²) in [5.74, 6) is 0.325. The molecule has 4 rings (SSSR count). The van der Waals surface area contributed by atoms with Gasteiger partial charge in [-0.2, -0.15) is 0 Å². The van der Waals surface area contributed by atoms with Crippen molar-refractivity contribution in [3.63, 3.8) is 0 Å². The summed E-state index contributed by atoms with van der Waals surface area (Å²) in [5, 5.41) is 8.10. The van der Waals surface area contributed by atoms with Gasteiger partial charge >= 0.3 is 0 Å². The molecule has 0 saturated carbocycles. The molecule has 0 aliphatic heterocycles. The number of anilines is 1. The van der Waals surface area contributed by atoms with E-state index >= 15 is 0 Å². The average molecular weight is 431 g/mol. The molecule has 0 bridgehead atoms. The molecule has 5 nitrogen and oxygen atoms in total. The van der Waals surface area contributed by atoms with E-state index in [-0.39, 0.29) is 11.7 Å². The van der Waals surface area contributed by atoms with E-state index < -0.39 is 0 Å². The van der Waals surface area contributed by atoms with Crippen molar-refractivity contribution in [3.05, 3.63) is 94.3 Å². The predicted octanol–water partition coefficient (Wildman–Crippen LogP) is 6.02. The molecule has 6 heteroatoms. The first-order chi connectivity index (χ1) is 14.9. The van der Waals surface area contributed by atoms with Gasteiger partial charge in [0.1, 0.15) is 0 Å². The molecular formula is C25H23ClN4O. The first kappa shape index (κ1) is 20.8. The molecular weight excluding hydrogens is 408 g/mol. The van der Waals surface area contributed by atoms with Crippen molar-refractivity contribution < 1.29 is 4.79 Å². The molecule has 0 saturated heterocycles. The Morgan fingerprint density at radius 1 is 1.00 bits per heavy atom. The first-order valence-corrected chi connectivity index (χ1v) is 10.5. The van der Waals surface area contributed by atoms with E-state index in [4.69, 9.17) is 11.6 Å². The molecule has 156 valence electrons. The zero-order valence-corrected chi connectivity index (χ0v) is 18.4. The highest BCUT2D eigenvalue weighted by molar-refractivity contribution is 6.30. The molecule has 1 heterocycles. The van der Waals surface area contributed by atoms with Gasteiger partial charge in [-0.3, -0.25) is 4.79 Å². The van der Waals surface area contributed by atoms with Gasteiger partial charge < -0.3 is 5.32 Å². The second kappa shape index (κ2) is 8.74. The molecule has 31 heavy (non-hydrogen) atoms. The van der Waals surface area contributed by atoms with E-state index in [9.17, 15) is 4.79 Å². The van der Waals surface area contributed by atoms with Crippen molar-refractivity contribution in [1.29, 1.82) is 0 Å². The number of carbonyl (C=O) groups excluding carboxylic acids is 1. The van der Waals surface area contributed by atoms with Gasteiger partial charge in [0.05, 0.1) is 5.69 Å². The fraction of sp³-hybridized carbons (Fsp3) is 0.160. The smallest absolute Gasteiger partial charge is 0.295 e. The third-order valence-electron chi connectivity index (χ3n) is 5.13. The van der Waals surface area contributed by atoms with Gasteiger partial charge in [0.15, 0.2) is 5.82 Å². The zero-order valence-electron chi connectivity index (χ0n) is 17.7. The summed E-state index contributed by atoms with van der Waals surface area (Å²) in [6.07, 6.45) is 0.945. The standard InChI is InChI=1S/C25H23ClN4O/c1-4-18-7-13-21(14-8-18)27-25(31)23-28-24(19-9-11-20(26)12-10-19)30(29-23)22-15-16(2)5-6-17(22)3/h5-15H,4H2,1-3H3,(H,27,31). The van der Waals surface area contributed by atoms with Crippen LogP contribution in [-0.4, -0.2) is 20.7 Å². The lowest BCUT2D eigenvalue weighted by atomic mass is 10.1. The molecule has 3 aromatic carbocycles. The Balaban J connectivity index is 1.76. The van der Waals surface area contributed by atoms with Crippen LogP contribution in [0.15, 0.2) is 66.7 Å². The summed E-state index contributed by atoms with van der Waals surface area (Å²) in [7, 11) is 0. The summed E-state index contributed by atoms with van der Waals surface area (Å²) in [4.78, 5) is 17.5. The van der Waals surface area contributed by atoms with Crippen LogP contribution in [0.2, 0.25) is 5.02 Å². The summed E-state index contributed by atoms with van der Waals surface area (Å²) in [5.41, 5.74) is 5.75. The monoisotopic (exact) mass is 430 g/mol. The minimum Gasteiger partial charge on any atom is -0.319 e. The summed E-state index contributed by atoms with van der Waals surface area (Å²) < 4.78 is 1.72. The van der Waals surface area contributed by atoms with E-state index in [1.54, 1.807) is 16.8 Å². The third-order valence-corrected chi connectivity index (χ3v) is 5.38. The maximum Gasteiger partial charge on any atom is 0.295 e. The number of nitrogens with one attached hydrogen (secondary N) is 1. The van der Waals surface area contributed by atoms with Gasteiger partial charge in [-0.15, -0.1) is 5.10 Å². The number of rotatable bonds is 5. The van der Waals surface area contributed by atoms with E-state index in [1.165, 1.54) is 5.56 Å². The van der Waals surface area contributed by atoms with Crippen LogP contribution in [0.5, 0.6) is 0 Å². The van der Waals surface area contributed by atoms with Crippen molar-refractivity contribution in [3.8, 4) is 17.1 Å². The summed E-state index contributed by atoms with van der Waals surface area (Å²) >= 11 is 6.06. The average Bonchev–Trinajstić information content (AvgIpc) is 3.22. The third kappa shape index (κ3) is 4.52. The van der Waals surface area contributed by atoms with Crippen LogP contribution in [0.25, 0.3) is 17.1 Å². The van der Waals surface area contributed by atoms with Crippen molar-refractivity contribution in [2.24, 2.45) is 0 Å². The Morgan fingerprint density at radius 2 is 1.71 bits per heavy atom. The van der Waals surface area contributed by atoms with Crippen LogP contribution in [0.1, 0.15) is 34.2 Å². The molecule has 0 fully saturated rings. The first-order valence-electron chi connectivity index (χ1n) is 10.2. The molecule has 1 N–H and O–H groups in total. The number of halogens is 1. The van der Waals surface area contributed by atoms with E-state index in [0.29, 0.717) is 16.5 Å². The topological polar surface area (TPSA) is 59.8 Å². The van der Waals surface area contributed by atoms with Crippen LogP contribution in [0, 0.1) is 13.8 Å². The Labute approximate surface area is 186 Å². The molecule has 0 spiro atoms. The summed E-state index contributed by atoms with van der Waals surface area (Å²) in [6, 6.07) is 21.2. The largest absolute Gasteiger partial charge is 0.319 e. The van der Waals surface area contributed by atoms with Crippen LogP contribution in [0.3, 0.4) is 0 Å². The second-order valence-corrected chi connectivity index (χ2v) is 7.91. The fourth-order valence-corrected chi connectivity index (χ4v) is 3.45. The SMILES string of the molecule is CCc1ccc(NC(=O)c2nc(-c3ccc(Cl)cc3)n(-c3cc(C)ccc3C)n2)cc1. The van der Waals surface area contributed by atoms with Gasteiger partial charge in [0.2, 0.25) is 5.82 Å². The van der Waals surface area contributed by atoms with E-state index in [2.05, 4.69) is 22.3 Å². The quantitative estimate of drug-likeness (QED) is 0.421. The van der Waals surface area contributed by atoms with Crippen LogP contribution < -0.4 is 5.32 Å². The molecule has 4 aromatic rings.